The fourth-order valence-electron chi connectivity index (χ4n) is 1.68. The molecule has 104 valence electrons. The fourth-order valence-corrected chi connectivity index (χ4v) is 2.74. The topological polar surface area (TPSA) is 107 Å². The average Bonchev–Trinajstić information content (AvgIpc) is 2.37. The lowest BCUT2D eigenvalue weighted by molar-refractivity contribution is -0.389. The van der Waals surface area contributed by atoms with Crippen molar-refractivity contribution in [2.75, 3.05) is 5.43 Å². The van der Waals surface area contributed by atoms with Crippen molar-refractivity contribution < 1.29 is 4.92 Å². The smallest absolute Gasteiger partial charge is 0.292 e. The summed E-state index contributed by atoms with van der Waals surface area (Å²) in [6, 6.07) is 7.64. The molecule has 0 aliphatic carbocycles. The Kier molecular flexibility index (Phi) is 4.16. The molecule has 0 saturated carbocycles. The number of hydrogen-bond acceptors (Lipinski definition) is 7. The van der Waals surface area contributed by atoms with E-state index in [0.717, 1.165) is 10.5 Å². The molecule has 2 rings (SSSR count). The summed E-state index contributed by atoms with van der Waals surface area (Å²) in [5, 5.41) is 11.4. The number of aryl methyl sites for hydroxylation is 2. The summed E-state index contributed by atoms with van der Waals surface area (Å²) >= 11 is 1.21. The number of rotatable bonds is 4. The minimum absolute atomic E-state index is 0.101. The Morgan fingerprint density at radius 2 is 2.10 bits per heavy atom. The third kappa shape index (κ3) is 3.03. The Hall–Kier alpha value is -2.19. The van der Waals surface area contributed by atoms with E-state index < -0.39 is 4.92 Å². The Balaban J connectivity index is 2.48. The number of nitro groups is 1. The molecule has 0 saturated heterocycles. The molecule has 0 spiro atoms. The molecule has 0 radical (unpaired) electrons. The lowest BCUT2D eigenvalue weighted by atomic mass is 10.2. The van der Waals surface area contributed by atoms with Crippen LogP contribution in [0.25, 0.3) is 0 Å². The van der Waals surface area contributed by atoms with Crippen molar-refractivity contribution in [3.8, 4) is 0 Å². The summed E-state index contributed by atoms with van der Waals surface area (Å²) in [7, 11) is 0. The molecule has 1 heterocycles. The normalized spacial score (nSPS) is 10.3. The molecule has 0 bridgehead atoms. The standard InChI is InChI=1S/C12H13N5O2S/c1-7-4-3-5-9(6-7)20-11-10(17(18)19)8(2)14-12(15-11)16-13/h3-6H,13H2,1-2H3,(H,14,15,16). The Labute approximate surface area is 119 Å². The number of nitrogens with zero attached hydrogens (tertiary/aromatic N) is 3. The van der Waals surface area contributed by atoms with Crippen molar-refractivity contribution in [3.05, 3.63) is 45.6 Å². The minimum Gasteiger partial charge on any atom is -0.292 e. The zero-order chi connectivity index (χ0) is 14.7. The first kappa shape index (κ1) is 14.2. The predicted octanol–water partition coefficient (Wildman–Crippen LogP) is 2.44. The SMILES string of the molecule is Cc1cccc(Sc2nc(NN)nc(C)c2[N+](=O)[O-])c1. The molecule has 0 aliphatic heterocycles. The molecular weight excluding hydrogens is 278 g/mol. The molecule has 0 unspecified atom stereocenters. The van der Waals surface area contributed by atoms with Gasteiger partial charge in [0.2, 0.25) is 5.95 Å². The number of benzene rings is 1. The van der Waals surface area contributed by atoms with Crippen LogP contribution < -0.4 is 11.3 Å². The summed E-state index contributed by atoms with van der Waals surface area (Å²) < 4.78 is 0. The molecule has 0 amide bonds. The van der Waals surface area contributed by atoms with Crippen LogP contribution in [-0.4, -0.2) is 14.9 Å². The van der Waals surface area contributed by atoms with E-state index >= 15 is 0 Å². The first-order valence-corrected chi connectivity index (χ1v) is 6.57. The fraction of sp³-hybridized carbons (Fsp3) is 0.167. The van der Waals surface area contributed by atoms with Crippen molar-refractivity contribution in [1.29, 1.82) is 0 Å². The van der Waals surface area contributed by atoms with E-state index in [1.807, 2.05) is 31.2 Å². The van der Waals surface area contributed by atoms with Crippen LogP contribution in [0.1, 0.15) is 11.3 Å². The largest absolute Gasteiger partial charge is 0.322 e. The highest BCUT2D eigenvalue weighted by Gasteiger charge is 2.22. The van der Waals surface area contributed by atoms with E-state index in [2.05, 4.69) is 15.4 Å². The maximum atomic E-state index is 11.2. The number of hydrazine groups is 1. The van der Waals surface area contributed by atoms with Gasteiger partial charge in [-0.2, -0.15) is 4.98 Å². The minimum atomic E-state index is -0.478. The molecule has 7 nitrogen and oxygen atoms in total. The van der Waals surface area contributed by atoms with E-state index in [1.165, 1.54) is 11.8 Å². The monoisotopic (exact) mass is 291 g/mol. The van der Waals surface area contributed by atoms with Gasteiger partial charge in [-0.25, -0.2) is 10.8 Å². The lowest BCUT2D eigenvalue weighted by Crippen LogP contribution is -2.12. The summed E-state index contributed by atoms with van der Waals surface area (Å²) in [6.45, 7) is 3.51. The van der Waals surface area contributed by atoms with Gasteiger partial charge in [0.15, 0.2) is 5.03 Å². The van der Waals surface area contributed by atoms with Gasteiger partial charge < -0.3 is 0 Å². The summed E-state index contributed by atoms with van der Waals surface area (Å²) in [4.78, 5) is 19.6. The van der Waals surface area contributed by atoms with Crippen molar-refractivity contribution in [1.82, 2.24) is 9.97 Å². The number of nitrogens with one attached hydrogen (secondary N) is 1. The molecule has 1 aromatic heterocycles. The number of nitrogens with two attached hydrogens (primary N) is 1. The first-order valence-electron chi connectivity index (χ1n) is 5.75. The van der Waals surface area contributed by atoms with Crippen LogP contribution in [0.3, 0.4) is 0 Å². The van der Waals surface area contributed by atoms with Gasteiger partial charge in [0, 0.05) is 4.90 Å². The molecule has 0 aliphatic rings. The predicted molar refractivity (Wildman–Crippen MR) is 76.5 cm³/mol. The highest BCUT2D eigenvalue weighted by molar-refractivity contribution is 7.99. The van der Waals surface area contributed by atoms with Gasteiger partial charge in [0.05, 0.1) is 4.92 Å². The summed E-state index contributed by atoms with van der Waals surface area (Å²) in [5.74, 6) is 5.43. The molecular formula is C12H13N5O2S. The molecule has 0 atom stereocenters. The summed E-state index contributed by atoms with van der Waals surface area (Å²) in [5.41, 5.74) is 3.55. The second-order valence-electron chi connectivity index (χ2n) is 4.11. The van der Waals surface area contributed by atoms with Gasteiger partial charge >= 0.3 is 5.69 Å². The quantitative estimate of drug-likeness (QED) is 0.385. The van der Waals surface area contributed by atoms with Gasteiger partial charge in [0.1, 0.15) is 5.69 Å². The van der Waals surface area contributed by atoms with Crippen LogP contribution in [0.4, 0.5) is 11.6 Å². The van der Waals surface area contributed by atoms with Crippen LogP contribution >= 0.6 is 11.8 Å². The second kappa shape index (κ2) is 5.85. The molecule has 8 heteroatoms. The zero-order valence-electron chi connectivity index (χ0n) is 11.0. The van der Waals surface area contributed by atoms with Crippen molar-refractivity contribution in [2.45, 2.75) is 23.8 Å². The molecule has 3 N–H and O–H groups in total. The molecule has 1 aromatic carbocycles. The molecule has 20 heavy (non-hydrogen) atoms. The number of nitrogen functional groups attached to an aromatic ring is 1. The van der Waals surface area contributed by atoms with E-state index in [4.69, 9.17) is 5.84 Å². The average molecular weight is 291 g/mol. The van der Waals surface area contributed by atoms with Crippen LogP contribution in [0.15, 0.2) is 34.2 Å². The Bertz CT molecular complexity index is 662. The van der Waals surface area contributed by atoms with Crippen LogP contribution in [0.2, 0.25) is 0 Å². The Morgan fingerprint density at radius 3 is 2.70 bits per heavy atom. The molecule has 0 fully saturated rings. The van der Waals surface area contributed by atoms with Crippen LogP contribution in [0.5, 0.6) is 0 Å². The van der Waals surface area contributed by atoms with E-state index in [9.17, 15) is 10.1 Å². The van der Waals surface area contributed by atoms with Crippen molar-refractivity contribution in [3.63, 3.8) is 0 Å². The van der Waals surface area contributed by atoms with Crippen molar-refractivity contribution >= 4 is 23.4 Å². The third-order valence-electron chi connectivity index (χ3n) is 2.54. The number of aromatic nitrogens is 2. The van der Waals surface area contributed by atoms with E-state index in [1.54, 1.807) is 6.92 Å². The maximum Gasteiger partial charge on any atom is 0.322 e. The van der Waals surface area contributed by atoms with Crippen LogP contribution in [-0.2, 0) is 0 Å². The third-order valence-corrected chi connectivity index (χ3v) is 3.51. The van der Waals surface area contributed by atoms with Gasteiger partial charge in [0.25, 0.3) is 0 Å². The van der Waals surface area contributed by atoms with Gasteiger partial charge in [-0.3, -0.25) is 15.5 Å². The van der Waals surface area contributed by atoms with E-state index in [-0.39, 0.29) is 22.4 Å². The molecule has 2 aromatic rings. The zero-order valence-corrected chi connectivity index (χ0v) is 11.8. The van der Waals surface area contributed by atoms with Gasteiger partial charge in [-0.15, -0.1) is 0 Å². The number of hydrogen-bond donors (Lipinski definition) is 2. The second-order valence-corrected chi connectivity index (χ2v) is 5.17. The van der Waals surface area contributed by atoms with Crippen molar-refractivity contribution in [2.24, 2.45) is 5.84 Å². The van der Waals surface area contributed by atoms with E-state index in [0.29, 0.717) is 0 Å². The van der Waals surface area contributed by atoms with Gasteiger partial charge in [-0.05, 0) is 26.0 Å². The highest BCUT2D eigenvalue weighted by Crippen LogP contribution is 2.35. The highest BCUT2D eigenvalue weighted by atomic mass is 32.2. The van der Waals surface area contributed by atoms with Gasteiger partial charge in [-0.1, -0.05) is 29.5 Å². The lowest BCUT2D eigenvalue weighted by Gasteiger charge is -2.07. The Morgan fingerprint density at radius 1 is 1.35 bits per heavy atom. The maximum absolute atomic E-state index is 11.2. The first-order chi connectivity index (χ1) is 9.51. The number of anilines is 1. The van der Waals surface area contributed by atoms with Crippen LogP contribution in [0, 0.1) is 24.0 Å². The summed E-state index contributed by atoms with van der Waals surface area (Å²) in [6.07, 6.45) is 0.